The second-order valence-corrected chi connectivity index (χ2v) is 34.6. The van der Waals surface area contributed by atoms with Crippen LogP contribution in [0.1, 0.15) is 195 Å². The molecule has 6 aromatic carbocycles. The van der Waals surface area contributed by atoms with Crippen LogP contribution in [0.3, 0.4) is 0 Å². The molecule has 614 valence electrons. The van der Waals surface area contributed by atoms with Crippen LogP contribution in [-0.2, 0) is 77.2 Å². The predicted molar refractivity (Wildman–Crippen MR) is 442 cm³/mol. The first kappa shape index (κ1) is 83.0. The lowest BCUT2D eigenvalue weighted by Gasteiger charge is -2.33. The number of hydrogen-bond acceptors (Lipinski definition) is 17. The summed E-state index contributed by atoms with van der Waals surface area (Å²) >= 11 is 22.7. The molecule has 9 aliphatic rings. The number of piperidine rings is 3. The van der Waals surface area contributed by atoms with Crippen molar-refractivity contribution in [3.8, 4) is 33.8 Å². The number of esters is 2. The SMILES string of the molecule is CCOC(=O)CCc1ccc(Br)c(F)c1.CCOC(=O)CCc1ccc(N2C[C@@H]3C[C@H]2C[C@H]3OCc2c(-c3c(C)cccc3Cl)noc2C2CC2)c(F)c1.Cc1cccc(Cl)c1-c1noc(C2CC2)c1CO[C@@H]1C[C@@H]2C[C@H]1CN2.Cc1cccc(Cl)c1-c1noc(C2CC2)c1CO[C@@H]1C[C@@H]2C[C@H]1CN2c1ccc(CCC(=O)O)cc1F. The average molecular weight is 1710 g/mol. The van der Waals surface area contributed by atoms with E-state index in [1.54, 1.807) is 38.1 Å². The van der Waals surface area contributed by atoms with Crippen molar-refractivity contribution in [2.24, 2.45) is 17.8 Å². The second kappa shape index (κ2) is 37.1. The number of carboxylic acid groups (broad SMARTS) is 1. The highest BCUT2D eigenvalue weighted by Gasteiger charge is 2.49. The number of carbonyl (C=O) groups excluding carboxylic acids is 2. The summed E-state index contributed by atoms with van der Waals surface area (Å²) in [4.78, 5) is 37.8. The molecule has 3 aliphatic heterocycles. The lowest BCUT2D eigenvalue weighted by molar-refractivity contribution is -0.144. The summed E-state index contributed by atoms with van der Waals surface area (Å²) in [5, 5.41) is 27.8. The van der Waals surface area contributed by atoms with Gasteiger partial charge in [0.15, 0.2) is 0 Å². The van der Waals surface area contributed by atoms with Gasteiger partial charge in [-0.15, -0.1) is 0 Å². The number of benzene rings is 6. The number of aryl methyl sites for hydroxylation is 6. The average Bonchev–Trinajstić information content (AvgIpc) is 1.63. The molecule has 18 nitrogen and oxygen atoms in total. The zero-order chi connectivity index (χ0) is 81.0. The van der Waals surface area contributed by atoms with Crippen molar-refractivity contribution in [2.75, 3.05) is 42.6 Å². The lowest BCUT2D eigenvalue weighted by atomic mass is 10.00. The van der Waals surface area contributed by atoms with Crippen molar-refractivity contribution in [1.29, 1.82) is 0 Å². The number of nitrogens with one attached hydrogen (secondary N) is 1. The molecule has 25 heteroatoms. The molecule has 6 bridgehead atoms. The Morgan fingerprint density at radius 3 is 1.20 bits per heavy atom. The van der Waals surface area contributed by atoms with Crippen LogP contribution in [0.5, 0.6) is 0 Å². The topological polar surface area (TPSA) is 214 Å². The molecule has 3 saturated heterocycles. The van der Waals surface area contributed by atoms with Crippen LogP contribution in [0.15, 0.2) is 127 Å². The van der Waals surface area contributed by atoms with Gasteiger partial charge in [-0.2, -0.15) is 0 Å². The van der Waals surface area contributed by atoms with E-state index in [0.29, 0.717) is 131 Å². The molecule has 9 aromatic rings. The van der Waals surface area contributed by atoms with Crippen molar-refractivity contribution in [3.63, 3.8) is 0 Å². The van der Waals surface area contributed by atoms with E-state index >= 15 is 4.39 Å². The van der Waals surface area contributed by atoms with Gasteiger partial charge in [-0.3, -0.25) is 14.4 Å². The monoisotopic (exact) mass is 1710 g/mol. The van der Waals surface area contributed by atoms with Crippen LogP contribution in [0.4, 0.5) is 24.5 Å². The zero-order valence-electron chi connectivity index (χ0n) is 66.0. The van der Waals surface area contributed by atoms with E-state index in [1.165, 1.54) is 31.4 Å². The summed E-state index contributed by atoms with van der Waals surface area (Å²) in [6, 6.07) is 34.1. The van der Waals surface area contributed by atoms with E-state index in [0.717, 1.165) is 178 Å². The first-order chi connectivity index (χ1) is 56.1. The third kappa shape index (κ3) is 19.3. The Hall–Kier alpha value is -8.06. The number of hydrogen-bond donors (Lipinski definition) is 2. The molecule has 9 atom stereocenters. The summed E-state index contributed by atoms with van der Waals surface area (Å²) in [6.45, 7) is 14.5. The maximum atomic E-state index is 15.1. The Bertz CT molecular complexity index is 4970. The number of carbonyl (C=O) groups is 3. The maximum Gasteiger partial charge on any atom is 0.306 e. The first-order valence-electron chi connectivity index (χ1n) is 41.0. The summed E-state index contributed by atoms with van der Waals surface area (Å²) in [6.07, 6.45) is 15.2. The van der Waals surface area contributed by atoms with E-state index in [1.807, 2.05) is 80.6 Å². The minimum atomic E-state index is -0.878. The molecule has 6 heterocycles. The molecule has 116 heavy (non-hydrogen) atoms. The van der Waals surface area contributed by atoms with Crippen molar-refractivity contribution in [3.05, 3.63) is 214 Å². The molecule has 0 unspecified atom stereocenters. The van der Waals surface area contributed by atoms with Crippen molar-refractivity contribution >= 4 is 80.0 Å². The van der Waals surface area contributed by atoms with Crippen LogP contribution in [0.2, 0.25) is 15.1 Å². The number of aromatic nitrogens is 3. The van der Waals surface area contributed by atoms with Gasteiger partial charge in [0.05, 0.1) is 82.3 Å². The number of carboxylic acids is 1. The highest BCUT2D eigenvalue weighted by Crippen LogP contribution is 2.51. The Morgan fingerprint density at radius 2 is 0.879 bits per heavy atom. The van der Waals surface area contributed by atoms with Gasteiger partial charge in [0.1, 0.15) is 51.8 Å². The quantitative estimate of drug-likeness (QED) is 0.0436. The van der Waals surface area contributed by atoms with Gasteiger partial charge < -0.3 is 57.5 Å². The standard InChI is InChI=1S/C31H34ClFN2O4.C29H30ClFN2O4.C20H23ClN2O2.C11H12BrFO2/c1-3-37-28(36)12-8-19-7-11-26(25(33)13-19)35-16-21-14-22(35)15-27(21)38-17-23-30(34-39-31(23)20-9-10-20)29-18(2)5-4-6-24(29)32;1-16-3-2-4-22(30)27(16)28-21(29(37-32-28)18-7-8-18)15-36-25-13-20-12-19(25)14-33(20)24-9-5-17(11-23(24)31)6-10-26(34)35;1-11-3-2-4-16(21)18(11)19-15(20(25-23-19)12-5-6-12)10-24-17-8-14-7-13(17)9-22-14;1-2-15-11(14)6-4-8-3-5-9(12)10(13)7-8/h4-7,11,13,20-22,27H,3,8-10,12,14-17H2,1-2H3;2-5,9,11,18-20,25H,6-8,10,12-15H2,1H3,(H,34,35);2-4,12-14,17,22H,5-10H2,1H3;3,5,7H,2,4,6H2,1H3/t21-,22-,27+;19-,20-,25+;13-,14-,17+;/m000./s1. The van der Waals surface area contributed by atoms with Crippen LogP contribution >= 0.6 is 50.7 Å². The Morgan fingerprint density at radius 1 is 0.500 bits per heavy atom. The summed E-state index contributed by atoms with van der Waals surface area (Å²) < 4.78 is 90.1. The summed E-state index contributed by atoms with van der Waals surface area (Å²) in [5.41, 5.74) is 15.1. The highest BCUT2D eigenvalue weighted by molar-refractivity contribution is 9.10. The molecule has 18 rings (SSSR count). The number of nitrogens with zero attached hydrogens (tertiary/aromatic N) is 5. The lowest BCUT2D eigenvalue weighted by Crippen LogP contribution is -2.39. The molecule has 6 aliphatic carbocycles. The molecule has 0 amide bonds. The van der Waals surface area contributed by atoms with Gasteiger partial charge in [0.2, 0.25) is 0 Å². The molecule has 0 radical (unpaired) electrons. The maximum absolute atomic E-state index is 15.1. The van der Waals surface area contributed by atoms with Gasteiger partial charge in [-0.25, -0.2) is 13.2 Å². The van der Waals surface area contributed by atoms with Gasteiger partial charge in [-0.1, -0.05) is 105 Å². The molecule has 9 fully saturated rings. The Labute approximate surface area is 698 Å². The number of fused-ring (bicyclic) bond motifs is 6. The van der Waals surface area contributed by atoms with Crippen molar-refractivity contribution in [2.45, 2.75) is 224 Å². The van der Waals surface area contributed by atoms with Gasteiger partial charge >= 0.3 is 17.9 Å². The van der Waals surface area contributed by atoms with Crippen molar-refractivity contribution in [1.82, 2.24) is 20.8 Å². The fraction of sp³-hybridized carbons (Fsp3) is 0.473. The Kier molecular flexibility index (Phi) is 26.5. The van der Waals surface area contributed by atoms with E-state index < -0.39 is 5.97 Å². The van der Waals surface area contributed by atoms with Gasteiger partial charge in [-0.05, 0) is 241 Å². The number of aliphatic carboxylic acids is 1. The van der Waals surface area contributed by atoms with Crippen LogP contribution < -0.4 is 15.1 Å². The molecular formula is C91H99BrCl3F3N6O12. The fourth-order valence-electron chi connectivity index (χ4n) is 17.9. The molecule has 6 saturated carbocycles. The molecular weight excluding hydrogens is 1610 g/mol. The van der Waals surface area contributed by atoms with E-state index in [9.17, 15) is 23.2 Å². The first-order valence-corrected chi connectivity index (χ1v) is 42.9. The van der Waals surface area contributed by atoms with E-state index in [4.69, 9.17) is 77.2 Å². The number of anilines is 2. The smallest absolute Gasteiger partial charge is 0.306 e. The minimum absolute atomic E-state index is 0.00137. The predicted octanol–water partition coefficient (Wildman–Crippen LogP) is 21.1. The normalized spacial score (nSPS) is 22.0. The van der Waals surface area contributed by atoms with Crippen LogP contribution in [0.25, 0.3) is 33.8 Å². The van der Waals surface area contributed by atoms with E-state index in [-0.39, 0.29) is 72.9 Å². The zero-order valence-corrected chi connectivity index (χ0v) is 69.9. The number of ether oxygens (including phenoxy) is 5. The summed E-state index contributed by atoms with van der Waals surface area (Å²) in [7, 11) is 0. The van der Waals surface area contributed by atoms with E-state index in [2.05, 4.69) is 59.5 Å². The number of halogens is 7. The Balaban J connectivity index is 0.000000128. The van der Waals surface area contributed by atoms with Gasteiger partial charge in [0, 0.05) is 120 Å². The van der Waals surface area contributed by atoms with Crippen LogP contribution in [-0.4, -0.2) is 108 Å². The largest absolute Gasteiger partial charge is 0.481 e. The number of rotatable bonds is 28. The molecule has 0 spiro atoms. The second-order valence-electron chi connectivity index (χ2n) is 32.5. The third-order valence-corrected chi connectivity index (χ3v) is 25.9. The summed E-state index contributed by atoms with van der Waals surface area (Å²) in [5.74, 6) is 3.28. The fourth-order valence-corrected chi connectivity index (χ4v) is 19.1. The minimum Gasteiger partial charge on any atom is -0.481 e. The van der Waals surface area contributed by atoms with Gasteiger partial charge in [0.25, 0.3) is 0 Å². The van der Waals surface area contributed by atoms with Crippen molar-refractivity contribution < 1.29 is 69.9 Å². The highest BCUT2D eigenvalue weighted by atomic mass is 79.9. The third-order valence-electron chi connectivity index (χ3n) is 24.4. The van der Waals surface area contributed by atoms with Crippen LogP contribution in [0, 0.1) is 56.0 Å². The molecule has 3 aromatic heterocycles. The molecule has 2 N–H and O–H groups in total.